The van der Waals surface area contributed by atoms with E-state index in [1.165, 1.54) is 18.4 Å². The molecule has 41 heavy (non-hydrogen) atoms. The zero-order chi connectivity index (χ0) is 28.2. The summed E-state index contributed by atoms with van der Waals surface area (Å²) in [6.45, 7) is 0. The molecule has 1 aliphatic rings. The van der Waals surface area contributed by atoms with Crippen molar-refractivity contribution in [3.05, 3.63) is 89.6 Å². The first-order valence-corrected chi connectivity index (χ1v) is 12.8. The molecule has 0 saturated heterocycles. The van der Waals surface area contributed by atoms with E-state index in [-0.39, 0.29) is 64.5 Å². The third-order valence-corrected chi connectivity index (χ3v) is 6.92. The summed E-state index contributed by atoms with van der Waals surface area (Å²) >= 11 is 0. The number of halogens is 2. The molecule has 2 aromatic heterocycles. The Balaban J connectivity index is 0.00000387. The smallest absolute Gasteiger partial charge is 0.292 e. The number of carbonyl (C=O) groups is 2. The number of amides is 2. The van der Waals surface area contributed by atoms with Crippen molar-refractivity contribution in [3.8, 4) is 34.2 Å². The van der Waals surface area contributed by atoms with E-state index in [4.69, 9.17) is 10.2 Å². The molecule has 0 spiro atoms. The zero-order valence-corrected chi connectivity index (χ0v) is 22.6. The highest BCUT2D eigenvalue weighted by Crippen LogP contribution is 2.36. The number of furan rings is 1. The van der Waals surface area contributed by atoms with E-state index >= 15 is 0 Å². The van der Waals surface area contributed by atoms with Gasteiger partial charge in [0.25, 0.3) is 11.8 Å². The van der Waals surface area contributed by atoms with Crippen molar-refractivity contribution in [3.63, 3.8) is 0 Å². The number of carbonyl (C=O) groups excluding carboxylic acids is 2. The van der Waals surface area contributed by atoms with Gasteiger partial charge >= 0.3 is 0 Å². The van der Waals surface area contributed by atoms with Gasteiger partial charge in [-0.1, -0.05) is 25.0 Å². The maximum Gasteiger partial charge on any atom is 0.292 e. The van der Waals surface area contributed by atoms with Crippen molar-refractivity contribution < 1.29 is 23.5 Å². The van der Waals surface area contributed by atoms with Gasteiger partial charge in [0.1, 0.15) is 23.2 Å². The molecule has 11 heteroatoms. The van der Waals surface area contributed by atoms with Crippen molar-refractivity contribution in [1.29, 1.82) is 5.26 Å². The second-order valence-corrected chi connectivity index (χ2v) is 9.59. The van der Waals surface area contributed by atoms with Crippen LogP contribution in [0.5, 0.6) is 5.75 Å². The van der Waals surface area contributed by atoms with E-state index in [9.17, 15) is 24.3 Å². The molecule has 2 atom stereocenters. The largest absolute Gasteiger partial charge is 0.507 e. The second-order valence-electron chi connectivity index (χ2n) is 9.59. The van der Waals surface area contributed by atoms with Crippen LogP contribution >= 0.6 is 12.4 Å². The van der Waals surface area contributed by atoms with Crippen LogP contribution < -0.4 is 16.4 Å². The van der Waals surface area contributed by atoms with Crippen molar-refractivity contribution in [2.45, 2.75) is 37.8 Å². The molecular formula is C30H27ClFN5O4. The Morgan fingerprint density at radius 1 is 1.05 bits per heavy atom. The van der Waals surface area contributed by atoms with Crippen LogP contribution in [0.4, 0.5) is 10.2 Å². The molecule has 0 aliphatic heterocycles. The molecule has 1 aliphatic carbocycles. The minimum Gasteiger partial charge on any atom is -0.507 e. The van der Waals surface area contributed by atoms with Gasteiger partial charge in [0.15, 0.2) is 11.6 Å². The number of nitriles is 1. The molecule has 5 N–H and O–H groups in total. The molecule has 5 rings (SSSR count). The van der Waals surface area contributed by atoms with Crippen LogP contribution in [0.3, 0.4) is 0 Å². The van der Waals surface area contributed by atoms with Crippen molar-refractivity contribution in [2.24, 2.45) is 5.73 Å². The maximum absolute atomic E-state index is 13.7. The maximum atomic E-state index is 13.7. The fourth-order valence-corrected chi connectivity index (χ4v) is 4.83. The molecular weight excluding hydrogens is 549 g/mol. The number of anilines is 1. The van der Waals surface area contributed by atoms with Gasteiger partial charge in [-0.15, -0.1) is 12.4 Å². The SMILES string of the molecule is Cl.N#Cc1c(-c2cccc(C(=O)N[C@@H]3CCCC[C@H]3N)c2)cc(-c2ccc(F)cc2O)nc1NC(=O)c1ccco1. The number of pyridine rings is 1. The van der Waals surface area contributed by atoms with Crippen LogP contribution in [-0.2, 0) is 0 Å². The van der Waals surface area contributed by atoms with Crippen LogP contribution in [0, 0.1) is 17.1 Å². The molecule has 2 aromatic carbocycles. The normalized spacial score (nSPS) is 16.2. The molecule has 1 saturated carbocycles. The third-order valence-electron chi connectivity index (χ3n) is 6.92. The number of nitrogens with two attached hydrogens (primary N) is 1. The average Bonchev–Trinajstić information content (AvgIpc) is 3.49. The van der Waals surface area contributed by atoms with E-state index in [0.717, 1.165) is 37.8 Å². The predicted molar refractivity (Wildman–Crippen MR) is 153 cm³/mol. The first kappa shape index (κ1) is 29.3. The van der Waals surface area contributed by atoms with Crippen molar-refractivity contribution >= 4 is 30.0 Å². The van der Waals surface area contributed by atoms with Crippen molar-refractivity contribution in [1.82, 2.24) is 10.3 Å². The Hall–Kier alpha value is -4.72. The molecule has 2 heterocycles. The number of rotatable bonds is 6. The van der Waals surface area contributed by atoms with E-state index < -0.39 is 11.7 Å². The Labute approximate surface area is 241 Å². The summed E-state index contributed by atoms with van der Waals surface area (Å²) in [6.07, 6.45) is 5.01. The van der Waals surface area contributed by atoms with Crippen LogP contribution in [0.15, 0.2) is 71.3 Å². The Morgan fingerprint density at radius 3 is 2.56 bits per heavy atom. The number of phenolic OH excluding ortho intramolecular Hbond substituents is 1. The van der Waals surface area contributed by atoms with E-state index in [1.807, 2.05) is 0 Å². The third kappa shape index (κ3) is 6.38. The second kappa shape index (κ2) is 12.6. The van der Waals surface area contributed by atoms with Gasteiger partial charge < -0.3 is 25.9 Å². The minimum absolute atomic E-state index is 0. The summed E-state index contributed by atoms with van der Waals surface area (Å²) in [5.74, 6) is -2.04. The first-order chi connectivity index (χ1) is 19.3. The summed E-state index contributed by atoms with van der Waals surface area (Å²) in [5.41, 5.74) is 7.79. The quantitative estimate of drug-likeness (QED) is 0.240. The lowest BCUT2D eigenvalue weighted by atomic mass is 9.90. The van der Waals surface area contributed by atoms with Gasteiger partial charge in [0.2, 0.25) is 0 Å². The molecule has 9 nitrogen and oxygen atoms in total. The summed E-state index contributed by atoms with van der Waals surface area (Å²) in [7, 11) is 0. The van der Waals surface area contributed by atoms with E-state index in [1.54, 1.807) is 36.4 Å². The first-order valence-electron chi connectivity index (χ1n) is 12.8. The molecule has 0 unspecified atom stereocenters. The van der Waals surface area contributed by atoms with Crippen LogP contribution in [-0.4, -0.2) is 34.0 Å². The molecule has 2 amide bonds. The fraction of sp³-hybridized carbons (Fsp3) is 0.200. The fourth-order valence-electron chi connectivity index (χ4n) is 4.83. The highest BCUT2D eigenvalue weighted by Gasteiger charge is 2.25. The summed E-state index contributed by atoms with van der Waals surface area (Å²) in [4.78, 5) is 30.3. The Morgan fingerprint density at radius 2 is 1.85 bits per heavy atom. The van der Waals surface area contributed by atoms with Crippen LogP contribution in [0.2, 0.25) is 0 Å². The van der Waals surface area contributed by atoms with Crippen molar-refractivity contribution in [2.75, 3.05) is 5.32 Å². The molecule has 210 valence electrons. The number of phenols is 1. The Kier molecular flexibility index (Phi) is 9.02. The lowest BCUT2D eigenvalue weighted by molar-refractivity contribution is 0.0920. The average molecular weight is 576 g/mol. The van der Waals surface area contributed by atoms with Gasteiger partial charge in [0, 0.05) is 34.8 Å². The molecule has 1 fully saturated rings. The van der Waals surface area contributed by atoms with Gasteiger partial charge in [0.05, 0.1) is 12.0 Å². The zero-order valence-electron chi connectivity index (χ0n) is 21.8. The topological polar surface area (TPSA) is 154 Å². The van der Waals surface area contributed by atoms with Crippen LogP contribution in [0.1, 0.15) is 52.2 Å². The number of aromatic nitrogens is 1. The lowest BCUT2D eigenvalue weighted by Crippen LogP contribution is -2.49. The highest BCUT2D eigenvalue weighted by atomic mass is 35.5. The number of aromatic hydroxyl groups is 1. The standard InChI is InChI=1S/C30H26FN5O4.ClH/c31-19-10-11-20(26(37)14-19)25-15-21(22(16-32)28(34-25)36-30(39)27-9-4-12-40-27)17-5-3-6-18(13-17)29(38)35-24-8-2-1-7-23(24)33;/h3-6,9-15,23-24,37H,1-2,7-8,33H2,(H,35,38)(H,34,36,39);1H/t23-,24-;/m1./s1. The van der Waals surface area contributed by atoms with Gasteiger partial charge in [-0.25, -0.2) is 9.37 Å². The van der Waals surface area contributed by atoms with Gasteiger partial charge in [-0.05, 0) is 60.9 Å². The number of benzene rings is 2. The number of hydrogen-bond acceptors (Lipinski definition) is 7. The van der Waals surface area contributed by atoms with E-state index in [2.05, 4.69) is 21.7 Å². The Bertz CT molecular complexity index is 1620. The number of nitrogens with one attached hydrogen (secondary N) is 2. The summed E-state index contributed by atoms with van der Waals surface area (Å²) in [5, 5.41) is 26.2. The van der Waals surface area contributed by atoms with Crippen LogP contribution in [0.25, 0.3) is 22.4 Å². The number of nitrogens with zero attached hydrogens (tertiary/aromatic N) is 2. The highest BCUT2D eigenvalue weighted by molar-refractivity contribution is 6.03. The summed E-state index contributed by atoms with van der Waals surface area (Å²) < 4.78 is 18.9. The monoisotopic (exact) mass is 575 g/mol. The summed E-state index contributed by atoms with van der Waals surface area (Å²) in [6, 6.07) is 16.5. The lowest BCUT2D eigenvalue weighted by Gasteiger charge is -2.29. The molecule has 4 aromatic rings. The minimum atomic E-state index is -0.641. The number of hydrogen-bond donors (Lipinski definition) is 4. The molecule has 0 radical (unpaired) electrons. The van der Waals surface area contributed by atoms with Gasteiger partial charge in [-0.3, -0.25) is 9.59 Å². The van der Waals surface area contributed by atoms with Gasteiger partial charge in [-0.2, -0.15) is 5.26 Å². The molecule has 0 bridgehead atoms. The predicted octanol–water partition coefficient (Wildman–Crippen LogP) is 5.40. The van der Waals surface area contributed by atoms with E-state index in [0.29, 0.717) is 16.7 Å².